The highest BCUT2D eigenvalue weighted by Crippen LogP contribution is 2.36. The van der Waals surface area contributed by atoms with Crippen LogP contribution in [0.1, 0.15) is 6.92 Å². The van der Waals surface area contributed by atoms with E-state index in [1.54, 1.807) is 26.2 Å². The SMILES string of the molecule is COc1cc(Br)c(OC(C)C(N)=NO)cc1Br. The maximum Gasteiger partial charge on any atom is 0.180 e. The molecule has 1 rings (SSSR count). The third-order valence-electron chi connectivity index (χ3n) is 2.04. The summed E-state index contributed by atoms with van der Waals surface area (Å²) in [7, 11) is 1.58. The lowest BCUT2D eigenvalue weighted by Gasteiger charge is -2.15. The van der Waals surface area contributed by atoms with Gasteiger partial charge < -0.3 is 20.4 Å². The summed E-state index contributed by atoms with van der Waals surface area (Å²) >= 11 is 6.70. The van der Waals surface area contributed by atoms with Gasteiger partial charge in [0.2, 0.25) is 0 Å². The lowest BCUT2D eigenvalue weighted by Crippen LogP contribution is -2.31. The van der Waals surface area contributed by atoms with Crippen LogP contribution in [0.4, 0.5) is 0 Å². The summed E-state index contributed by atoms with van der Waals surface area (Å²) in [4.78, 5) is 0. The van der Waals surface area contributed by atoms with Gasteiger partial charge in [0.05, 0.1) is 16.1 Å². The van der Waals surface area contributed by atoms with E-state index >= 15 is 0 Å². The second-order valence-electron chi connectivity index (χ2n) is 3.20. The van der Waals surface area contributed by atoms with Crippen molar-refractivity contribution < 1.29 is 14.7 Å². The van der Waals surface area contributed by atoms with Gasteiger partial charge in [0.1, 0.15) is 11.5 Å². The highest BCUT2D eigenvalue weighted by molar-refractivity contribution is 9.11. The molecule has 0 saturated carbocycles. The van der Waals surface area contributed by atoms with Crippen molar-refractivity contribution in [3.8, 4) is 11.5 Å². The number of methoxy groups -OCH3 is 1. The van der Waals surface area contributed by atoms with E-state index in [-0.39, 0.29) is 5.84 Å². The summed E-state index contributed by atoms with van der Waals surface area (Å²) in [5.74, 6) is 1.25. The molecular formula is C10H12Br2N2O3. The maximum atomic E-state index is 8.53. The first kappa shape index (κ1) is 14.1. The van der Waals surface area contributed by atoms with Crippen LogP contribution in [-0.4, -0.2) is 24.3 Å². The molecule has 94 valence electrons. The van der Waals surface area contributed by atoms with E-state index in [9.17, 15) is 0 Å². The first-order chi connectivity index (χ1) is 7.99. The van der Waals surface area contributed by atoms with Crippen LogP contribution in [0.5, 0.6) is 11.5 Å². The largest absolute Gasteiger partial charge is 0.496 e. The monoisotopic (exact) mass is 366 g/mol. The lowest BCUT2D eigenvalue weighted by molar-refractivity contribution is 0.264. The van der Waals surface area contributed by atoms with E-state index in [1.807, 2.05) is 0 Å². The number of oxime groups is 1. The number of ether oxygens (including phenoxy) is 2. The molecule has 0 heterocycles. The molecule has 1 aromatic rings. The average molecular weight is 368 g/mol. The molecule has 5 nitrogen and oxygen atoms in total. The molecule has 0 fully saturated rings. The van der Waals surface area contributed by atoms with Gasteiger partial charge >= 0.3 is 0 Å². The molecule has 0 spiro atoms. The van der Waals surface area contributed by atoms with Crippen molar-refractivity contribution >= 4 is 37.7 Å². The van der Waals surface area contributed by atoms with Gasteiger partial charge in [0.25, 0.3) is 0 Å². The Labute approximate surface area is 116 Å². The summed E-state index contributed by atoms with van der Waals surface area (Å²) in [5.41, 5.74) is 5.43. The van der Waals surface area contributed by atoms with Gasteiger partial charge in [0, 0.05) is 0 Å². The molecule has 0 bridgehead atoms. The topological polar surface area (TPSA) is 77.1 Å². The van der Waals surface area contributed by atoms with Crippen molar-refractivity contribution in [1.82, 2.24) is 0 Å². The van der Waals surface area contributed by atoms with E-state index in [1.165, 1.54) is 0 Å². The molecule has 0 aliphatic carbocycles. The van der Waals surface area contributed by atoms with Crippen LogP contribution >= 0.6 is 31.9 Å². The number of rotatable bonds is 4. The predicted octanol–water partition coefficient (Wildman–Crippen LogP) is 2.73. The molecule has 1 unspecified atom stereocenters. The van der Waals surface area contributed by atoms with E-state index in [0.29, 0.717) is 11.5 Å². The Hall–Kier alpha value is -0.950. The first-order valence-corrected chi connectivity index (χ1v) is 6.25. The van der Waals surface area contributed by atoms with E-state index in [2.05, 4.69) is 37.0 Å². The van der Waals surface area contributed by atoms with Gasteiger partial charge in [-0.25, -0.2) is 0 Å². The van der Waals surface area contributed by atoms with Gasteiger partial charge in [-0.15, -0.1) is 0 Å². The normalized spacial score (nSPS) is 13.3. The predicted molar refractivity (Wildman–Crippen MR) is 71.9 cm³/mol. The molecular weight excluding hydrogens is 356 g/mol. The number of benzene rings is 1. The fourth-order valence-corrected chi connectivity index (χ4v) is 1.99. The van der Waals surface area contributed by atoms with Gasteiger partial charge in [-0.05, 0) is 50.9 Å². The Morgan fingerprint density at radius 2 is 1.88 bits per heavy atom. The summed E-state index contributed by atoms with van der Waals surface area (Å²) in [5, 5.41) is 11.4. The third-order valence-corrected chi connectivity index (χ3v) is 3.28. The van der Waals surface area contributed by atoms with E-state index < -0.39 is 6.10 Å². The van der Waals surface area contributed by atoms with Crippen LogP contribution < -0.4 is 15.2 Å². The Bertz CT molecular complexity index is 438. The molecule has 0 aliphatic heterocycles. The van der Waals surface area contributed by atoms with Crippen molar-refractivity contribution in [2.24, 2.45) is 10.9 Å². The highest BCUT2D eigenvalue weighted by atomic mass is 79.9. The van der Waals surface area contributed by atoms with E-state index in [4.69, 9.17) is 20.4 Å². The highest BCUT2D eigenvalue weighted by Gasteiger charge is 2.14. The Balaban J connectivity index is 2.96. The number of nitrogens with zero attached hydrogens (tertiary/aromatic N) is 1. The molecule has 17 heavy (non-hydrogen) atoms. The van der Waals surface area contributed by atoms with E-state index in [0.717, 1.165) is 8.95 Å². The molecule has 7 heteroatoms. The molecule has 0 saturated heterocycles. The molecule has 1 atom stereocenters. The Morgan fingerprint density at radius 1 is 1.35 bits per heavy atom. The van der Waals surface area contributed by atoms with Crippen molar-refractivity contribution in [2.75, 3.05) is 7.11 Å². The van der Waals surface area contributed by atoms with Crippen LogP contribution in [0.15, 0.2) is 26.2 Å². The van der Waals surface area contributed by atoms with Crippen molar-refractivity contribution in [3.05, 3.63) is 21.1 Å². The number of hydrogen-bond acceptors (Lipinski definition) is 4. The summed E-state index contributed by atoms with van der Waals surface area (Å²) in [6, 6.07) is 3.50. The molecule has 3 N–H and O–H groups in total. The van der Waals surface area contributed by atoms with Crippen LogP contribution in [0.3, 0.4) is 0 Å². The zero-order valence-electron chi connectivity index (χ0n) is 9.28. The van der Waals surface area contributed by atoms with Gasteiger partial charge in [-0.1, -0.05) is 5.16 Å². The number of halogens is 2. The minimum atomic E-state index is -0.531. The van der Waals surface area contributed by atoms with Gasteiger partial charge in [-0.2, -0.15) is 0 Å². The lowest BCUT2D eigenvalue weighted by atomic mass is 10.3. The van der Waals surface area contributed by atoms with Gasteiger partial charge in [-0.3, -0.25) is 0 Å². The Kier molecular flexibility index (Phi) is 5.07. The zero-order valence-corrected chi connectivity index (χ0v) is 12.4. The van der Waals surface area contributed by atoms with Crippen molar-refractivity contribution in [2.45, 2.75) is 13.0 Å². The first-order valence-electron chi connectivity index (χ1n) is 4.66. The second-order valence-corrected chi connectivity index (χ2v) is 4.91. The standard InChI is InChI=1S/C10H12Br2N2O3/c1-5(10(13)14-15)17-9-4-6(11)8(16-2)3-7(9)12/h3-5,15H,1-2H3,(H2,13,14). The molecule has 0 radical (unpaired) electrons. The second kappa shape index (κ2) is 6.11. The molecule has 0 aliphatic rings. The minimum Gasteiger partial charge on any atom is -0.496 e. The maximum absolute atomic E-state index is 8.53. The molecule has 0 aromatic heterocycles. The van der Waals surface area contributed by atoms with Crippen LogP contribution in [0.25, 0.3) is 0 Å². The average Bonchev–Trinajstić information content (AvgIpc) is 2.32. The summed E-state index contributed by atoms with van der Waals surface area (Å²) in [6.45, 7) is 1.68. The van der Waals surface area contributed by atoms with Crippen molar-refractivity contribution in [1.29, 1.82) is 0 Å². The van der Waals surface area contributed by atoms with Crippen LogP contribution in [0, 0.1) is 0 Å². The van der Waals surface area contributed by atoms with Crippen LogP contribution in [0.2, 0.25) is 0 Å². The fraction of sp³-hybridized carbons (Fsp3) is 0.300. The summed E-state index contributed by atoms with van der Waals surface area (Å²) < 4.78 is 12.1. The Morgan fingerprint density at radius 3 is 2.41 bits per heavy atom. The number of hydrogen-bond donors (Lipinski definition) is 2. The summed E-state index contributed by atoms with van der Waals surface area (Å²) in [6.07, 6.45) is -0.531. The number of nitrogens with two attached hydrogens (primary N) is 1. The smallest absolute Gasteiger partial charge is 0.180 e. The molecule has 0 amide bonds. The quantitative estimate of drug-likeness (QED) is 0.371. The minimum absolute atomic E-state index is 0.00356. The fourth-order valence-electron chi connectivity index (χ4n) is 1.09. The van der Waals surface area contributed by atoms with Crippen LogP contribution in [-0.2, 0) is 0 Å². The van der Waals surface area contributed by atoms with Crippen molar-refractivity contribution in [3.63, 3.8) is 0 Å². The third kappa shape index (κ3) is 3.50. The molecule has 1 aromatic carbocycles. The van der Waals surface area contributed by atoms with Gasteiger partial charge in [0.15, 0.2) is 11.9 Å². The number of amidine groups is 1. The zero-order chi connectivity index (χ0) is 13.0.